The highest BCUT2D eigenvalue weighted by molar-refractivity contribution is 6.35. The molecule has 11 nitrogen and oxygen atoms in total. The third-order valence-electron chi connectivity index (χ3n) is 3.18. The zero-order valence-electron chi connectivity index (χ0n) is 13.2. The van der Waals surface area contributed by atoms with Gasteiger partial charge in [0.25, 0.3) is 16.0 Å². The van der Waals surface area contributed by atoms with E-state index in [1.165, 1.54) is 37.5 Å². The molecule has 0 fully saturated rings. The number of benzene rings is 1. The van der Waals surface area contributed by atoms with Gasteiger partial charge in [-0.3, -0.25) is 9.68 Å². The van der Waals surface area contributed by atoms with E-state index in [-0.39, 0.29) is 22.2 Å². The highest BCUT2D eigenvalue weighted by Crippen LogP contribution is 2.43. The molecule has 0 saturated carbocycles. The largest absolute Gasteiger partial charge is 0.344 e. The first-order valence-electron chi connectivity index (χ1n) is 7.01. The van der Waals surface area contributed by atoms with Gasteiger partial charge < -0.3 is 9.30 Å². The molecular formula is C13H12Cl2N4O7. The van der Waals surface area contributed by atoms with Crippen molar-refractivity contribution in [2.75, 3.05) is 6.61 Å². The number of hydrogen-bond donors (Lipinski definition) is 0. The summed E-state index contributed by atoms with van der Waals surface area (Å²) >= 11 is 12.0. The van der Waals surface area contributed by atoms with Gasteiger partial charge in [-0.2, -0.15) is 0 Å². The minimum atomic E-state index is -2.41. The number of rotatable bonds is 9. The highest BCUT2D eigenvalue weighted by atomic mass is 35.5. The third kappa shape index (κ3) is 4.12. The summed E-state index contributed by atoms with van der Waals surface area (Å²) in [5.41, 5.74) is -0.0948. The van der Waals surface area contributed by atoms with Gasteiger partial charge in [0.1, 0.15) is 0 Å². The van der Waals surface area contributed by atoms with E-state index in [2.05, 4.69) is 9.82 Å². The molecule has 0 N–H and O–H groups in total. The molecular weight excluding hydrogens is 395 g/mol. The second-order valence-electron chi connectivity index (χ2n) is 4.73. The lowest BCUT2D eigenvalue weighted by molar-refractivity contribution is -0.835. The number of nitrogens with zero attached hydrogens (tertiary/aromatic N) is 4. The maximum atomic E-state index is 11.2. The zero-order chi connectivity index (χ0) is 19.3. The number of ether oxygens (including phenoxy) is 1. The molecule has 0 radical (unpaired) electrons. The van der Waals surface area contributed by atoms with Crippen LogP contribution in [0.2, 0.25) is 10.0 Å². The Morgan fingerprint density at radius 3 is 2.54 bits per heavy atom. The van der Waals surface area contributed by atoms with Crippen LogP contribution >= 0.6 is 23.2 Å². The number of imidazole rings is 1. The Hall–Kier alpha value is -2.63. The van der Waals surface area contributed by atoms with Crippen molar-refractivity contribution in [3.8, 4) is 0 Å². The van der Waals surface area contributed by atoms with Crippen LogP contribution in [-0.2, 0) is 20.2 Å². The van der Waals surface area contributed by atoms with Crippen molar-refractivity contribution in [2.45, 2.75) is 18.9 Å². The van der Waals surface area contributed by atoms with Crippen molar-refractivity contribution >= 4 is 23.2 Å². The van der Waals surface area contributed by atoms with Gasteiger partial charge in [0.15, 0.2) is 0 Å². The van der Waals surface area contributed by atoms with Crippen LogP contribution in [0.15, 0.2) is 36.9 Å². The van der Waals surface area contributed by atoms with E-state index < -0.39 is 22.2 Å². The van der Waals surface area contributed by atoms with Crippen molar-refractivity contribution in [3.05, 3.63) is 72.8 Å². The predicted octanol–water partition coefficient (Wildman–Crippen LogP) is 2.99. The third-order valence-corrected chi connectivity index (χ3v) is 3.73. The Labute approximate surface area is 156 Å². The second kappa shape index (κ2) is 8.17. The van der Waals surface area contributed by atoms with Gasteiger partial charge in [-0.25, -0.2) is 4.98 Å². The van der Waals surface area contributed by atoms with Crippen molar-refractivity contribution in [1.29, 1.82) is 0 Å². The maximum absolute atomic E-state index is 11.2. The van der Waals surface area contributed by atoms with E-state index in [1.807, 2.05) is 0 Å². The van der Waals surface area contributed by atoms with Gasteiger partial charge in [-0.05, 0) is 19.1 Å². The van der Waals surface area contributed by atoms with Gasteiger partial charge in [-0.15, -0.1) is 20.2 Å². The zero-order valence-corrected chi connectivity index (χ0v) is 14.7. The molecule has 1 heterocycles. The topological polar surface area (TPSA) is 132 Å². The SMILES string of the molecule is CCOC(O[N+](=O)[O-])(c1ccc(Cl)cc1Cl)C(O[N+](=O)[O-])n1ccnc1. The van der Waals surface area contributed by atoms with Gasteiger partial charge >= 0.3 is 0 Å². The molecule has 0 aliphatic carbocycles. The molecule has 1 aromatic heterocycles. The van der Waals surface area contributed by atoms with Crippen LogP contribution in [0.25, 0.3) is 0 Å². The fraction of sp³-hybridized carbons (Fsp3) is 0.308. The van der Waals surface area contributed by atoms with Crippen LogP contribution < -0.4 is 0 Å². The highest BCUT2D eigenvalue weighted by Gasteiger charge is 2.51. The van der Waals surface area contributed by atoms with Gasteiger partial charge in [0, 0.05) is 29.6 Å². The van der Waals surface area contributed by atoms with Crippen molar-refractivity contribution in [2.24, 2.45) is 0 Å². The molecule has 0 spiro atoms. The fourth-order valence-corrected chi connectivity index (χ4v) is 2.85. The van der Waals surface area contributed by atoms with Gasteiger partial charge in [-0.1, -0.05) is 29.3 Å². The monoisotopic (exact) mass is 406 g/mol. The first-order chi connectivity index (χ1) is 12.3. The first-order valence-corrected chi connectivity index (χ1v) is 7.77. The fourth-order valence-electron chi connectivity index (χ4n) is 2.31. The van der Waals surface area contributed by atoms with Crippen molar-refractivity contribution in [3.63, 3.8) is 0 Å². The number of hydrogen-bond acceptors (Lipinski definition) is 8. The van der Waals surface area contributed by atoms with Crippen LogP contribution in [0, 0.1) is 20.2 Å². The average Bonchev–Trinajstić information content (AvgIpc) is 3.05. The van der Waals surface area contributed by atoms with E-state index >= 15 is 0 Å². The molecule has 140 valence electrons. The molecule has 0 aliphatic heterocycles. The quantitative estimate of drug-likeness (QED) is 0.352. The molecule has 2 atom stereocenters. The molecule has 0 bridgehead atoms. The molecule has 2 rings (SSSR count). The minimum Gasteiger partial charge on any atom is -0.344 e. The van der Waals surface area contributed by atoms with Crippen LogP contribution in [0.1, 0.15) is 18.7 Å². The minimum absolute atomic E-state index is 0.0788. The van der Waals surface area contributed by atoms with Gasteiger partial charge in [0.2, 0.25) is 6.23 Å². The first kappa shape index (κ1) is 19.7. The van der Waals surface area contributed by atoms with Crippen molar-refractivity contribution in [1.82, 2.24) is 9.55 Å². The average molecular weight is 407 g/mol. The molecule has 2 unspecified atom stereocenters. The lowest BCUT2D eigenvalue weighted by Gasteiger charge is -2.37. The normalized spacial score (nSPS) is 14.3. The van der Waals surface area contributed by atoms with E-state index in [9.17, 15) is 20.2 Å². The summed E-state index contributed by atoms with van der Waals surface area (Å²) in [5.74, 6) is -2.41. The summed E-state index contributed by atoms with van der Waals surface area (Å²) in [6, 6.07) is 3.95. The number of aromatic nitrogens is 2. The molecule has 1 aromatic carbocycles. The molecule has 0 amide bonds. The summed E-state index contributed by atoms with van der Waals surface area (Å²) in [5, 5.41) is 20.1. The maximum Gasteiger partial charge on any atom is 0.297 e. The summed E-state index contributed by atoms with van der Waals surface area (Å²) < 4.78 is 6.54. The summed E-state index contributed by atoms with van der Waals surface area (Å²) in [4.78, 5) is 35.4. The van der Waals surface area contributed by atoms with E-state index in [4.69, 9.17) is 32.8 Å². The van der Waals surface area contributed by atoms with Crippen LogP contribution in [0.5, 0.6) is 0 Å². The Bertz CT molecular complexity index is 789. The molecule has 0 aliphatic rings. The Morgan fingerprint density at radius 2 is 2.04 bits per heavy atom. The lowest BCUT2D eigenvalue weighted by Crippen LogP contribution is -2.45. The van der Waals surface area contributed by atoms with Crippen LogP contribution in [0.3, 0.4) is 0 Å². The number of halogens is 2. The van der Waals surface area contributed by atoms with E-state index in [0.717, 1.165) is 10.9 Å². The summed E-state index contributed by atoms with van der Waals surface area (Å²) in [6.07, 6.45) is 1.95. The van der Waals surface area contributed by atoms with Gasteiger partial charge in [0.05, 0.1) is 11.3 Å². The summed E-state index contributed by atoms with van der Waals surface area (Å²) in [7, 11) is 0. The Balaban J connectivity index is 2.73. The van der Waals surface area contributed by atoms with E-state index in [0.29, 0.717) is 0 Å². The van der Waals surface area contributed by atoms with Crippen LogP contribution in [-0.4, -0.2) is 26.3 Å². The standard InChI is InChI=1S/C13H12Cl2N4O7/c1-2-24-13(26-19(22)23,10-4-3-9(14)7-11(10)15)12(25-18(20)21)17-6-5-16-8-17/h3-8,12H,2H2,1H3. The van der Waals surface area contributed by atoms with Crippen molar-refractivity contribution < 1.29 is 24.6 Å². The molecule has 26 heavy (non-hydrogen) atoms. The Kier molecular flexibility index (Phi) is 6.18. The van der Waals surface area contributed by atoms with Crippen LogP contribution in [0.4, 0.5) is 0 Å². The Morgan fingerprint density at radius 1 is 1.31 bits per heavy atom. The predicted molar refractivity (Wildman–Crippen MR) is 87.2 cm³/mol. The second-order valence-corrected chi connectivity index (χ2v) is 5.57. The smallest absolute Gasteiger partial charge is 0.297 e. The molecule has 13 heteroatoms. The van der Waals surface area contributed by atoms with E-state index in [1.54, 1.807) is 0 Å². The molecule has 0 saturated heterocycles. The summed E-state index contributed by atoms with van der Waals surface area (Å²) in [6.45, 7) is 1.39. The molecule has 2 aromatic rings. The lowest BCUT2D eigenvalue weighted by atomic mass is 10.0.